The molecule has 0 saturated carbocycles. The second kappa shape index (κ2) is 14.1. The average molecular weight is 523 g/mol. The maximum absolute atomic E-state index is 7.88. The summed E-state index contributed by atoms with van der Waals surface area (Å²) in [5.41, 5.74) is 4.77. The third kappa shape index (κ3) is 8.12. The van der Waals surface area contributed by atoms with Gasteiger partial charge < -0.3 is 14.7 Å². The van der Waals surface area contributed by atoms with Gasteiger partial charge in [0.1, 0.15) is 5.75 Å². The van der Waals surface area contributed by atoms with Gasteiger partial charge >= 0.3 is 0 Å². The van der Waals surface area contributed by atoms with Gasteiger partial charge in [0.15, 0.2) is 0 Å². The lowest BCUT2D eigenvalue weighted by Gasteiger charge is -2.19. The third-order valence-corrected chi connectivity index (χ3v) is 6.57. The monoisotopic (exact) mass is 521 g/mol. The minimum atomic E-state index is 0.319. The molecule has 0 amide bonds. The van der Waals surface area contributed by atoms with Crippen LogP contribution in [-0.2, 0) is 0 Å². The number of halogens is 1. The first-order chi connectivity index (χ1) is 16.6. The minimum absolute atomic E-state index is 0.319. The number of aliphatic hydroxyl groups is 1. The summed E-state index contributed by atoms with van der Waals surface area (Å²) in [7, 11) is 2.22. The number of hydrogen-bond donors (Lipinski definition) is 1. The largest absolute Gasteiger partial charge is 0.494 e. The van der Waals surface area contributed by atoms with Crippen molar-refractivity contribution in [2.24, 2.45) is 0 Å². The molecule has 1 aliphatic rings. The fourth-order valence-corrected chi connectivity index (χ4v) is 4.33. The normalized spacial score (nSPS) is 16.1. The molecule has 3 aromatic rings. The Labute approximate surface area is 213 Å². The van der Waals surface area contributed by atoms with Gasteiger partial charge in [0, 0.05) is 17.1 Å². The zero-order valence-corrected chi connectivity index (χ0v) is 21.9. The smallest absolute Gasteiger partial charge is 0.119 e. The molecule has 1 unspecified atom stereocenters. The van der Waals surface area contributed by atoms with Gasteiger partial charge in [0.2, 0.25) is 0 Å². The van der Waals surface area contributed by atoms with Crippen LogP contribution in [-0.4, -0.2) is 42.9 Å². The lowest BCUT2D eigenvalue weighted by Crippen LogP contribution is -2.26. The Morgan fingerprint density at radius 3 is 2.18 bits per heavy atom. The first-order valence-corrected chi connectivity index (χ1v) is 13.0. The molecule has 1 N–H and O–H groups in total. The highest BCUT2D eigenvalue weighted by molar-refractivity contribution is 9.10. The van der Waals surface area contributed by atoms with Crippen LogP contribution >= 0.6 is 15.9 Å². The van der Waals surface area contributed by atoms with Crippen molar-refractivity contribution in [2.75, 3.05) is 26.8 Å². The van der Waals surface area contributed by atoms with E-state index in [1.165, 1.54) is 41.6 Å². The lowest BCUT2D eigenvalue weighted by molar-refractivity contribution is 0.233. The summed E-state index contributed by atoms with van der Waals surface area (Å²) in [5, 5.41) is 7.88. The molecular formula is C30H36BrNO2. The van der Waals surface area contributed by atoms with E-state index in [0.29, 0.717) is 12.6 Å². The highest BCUT2D eigenvalue weighted by Gasteiger charge is 2.20. The van der Waals surface area contributed by atoms with E-state index in [4.69, 9.17) is 9.84 Å². The Bertz CT molecular complexity index is 998. The van der Waals surface area contributed by atoms with Gasteiger partial charge in [0.05, 0.1) is 6.61 Å². The average Bonchev–Trinajstić information content (AvgIpc) is 3.29. The van der Waals surface area contributed by atoms with Crippen LogP contribution in [0.4, 0.5) is 0 Å². The summed E-state index contributed by atoms with van der Waals surface area (Å²) in [4.78, 5) is 2.45. The molecule has 0 bridgehead atoms. The fraction of sp³-hybridized carbons (Fsp3) is 0.333. The Hall–Kier alpha value is -2.40. The van der Waals surface area contributed by atoms with E-state index < -0.39 is 0 Å². The Morgan fingerprint density at radius 1 is 1.00 bits per heavy atom. The molecule has 0 aromatic heterocycles. The summed E-state index contributed by atoms with van der Waals surface area (Å²) in [6.45, 7) is 4.24. The molecule has 1 aliphatic heterocycles. The zero-order chi connectivity index (χ0) is 24.2. The van der Waals surface area contributed by atoms with E-state index in [-0.39, 0.29) is 0 Å². The number of rotatable bonds is 8. The predicted molar refractivity (Wildman–Crippen MR) is 147 cm³/mol. The Kier molecular flexibility index (Phi) is 10.9. The molecule has 0 aliphatic carbocycles. The van der Waals surface area contributed by atoms with Crippen LogP contribution in [0.5, 0.6) is 5.75 Å². The second-order valence-corrected chi connectivity index (χ2v) is 9.55. The number of benzene rings is 3. The molecule has 180 valence electrons. The molecule has 0 radical (unpaired) electrons. The molecule has 4 heteroatoms. The number of nitrogens with zero attached hydrogens (tertiary/aromatic N) is 1. The van der Waals surface area contributed by atoms with Crippen molar-refractivity contribution in [1.29, 1.82) is 0 Å². The quantitative estimate of drug-likeness (QED) is 0.316. The molecule has 3 nitrogen and oxygen atoms in total. The number of likely N-dealkylation sites (tertiary alicyclic amines) is 1. The van der Waals surface area contributed by atoms with Crippen LogP contribution in [0.3, 0.4) is 0 Å². The first-order valence-electron chi connectivity index (χ1n) is 12.2. The van der Waals surface area contributed by atoms with Crippen molar-refractivity contribution in [3.05, 3.63) is 100 Å². The first kappa shape index (κ1) is 26.2. The third-order valence-electron chi connectivity index (χ3n) is 6.05. The van der Waals surface area contributed by atoms with Crippen molar-refractivity contribution >= 4 is 27.6 Å². The number of aliphatic hydroxyl groups excluding tert-OH is 1. The van der Waals surface area contributed by atoms with E-state index in [2.05, 4.69) is 107 Å². The van der Waals surface area contributed by atoms with Gasteiger partial charge in [-0.2, -0.15) is 0 Å². The topological polar surface area (TPSA) is 32.7 Å². The molecule has 1 heterocycles. The van der Waals surface area contributed by atoms with E-state index in [0.717, 1.165) is 29.7 Å². The van der Waals surface area contributed by atoms with Gasteiger partial charge in [-0.1, -0.05) is 77.5 Å². The summed E-state index contributed by atoms with van der Waals surface area (Å²) in [6.07, 6.45) is 6.81. The molecule has 0 spiro atoms. The summed E-state index contributed by atoms with van der Waals surface area (Å²) in [6, 6.07) is 28.1. The molecule has 4 rings (SSSR count). The van der Waals surface area contributed by atoms with Crippen molar-refractivity contribution in [3.63, 3.8) is 0 Å². The fourth-order valence-electron chi connectivity index (χ4n) is 4.07. The molecule has 3 aromatic carbocycles. The molecule has 34 heavy (non-hydrogen) atoms. The number of ether oxygens (including phenoxy) is 1. The van der Waals surface area contributed by atoms with Crippen molar-refractivity contribution in [3.8, 4) is 5.75 Å². The molecule has 1 fully saturated rings. The zero-order valence-electron chi connectivity index (χ0n) is 20.3. The minimum Gasteiger partial charge on any atom is -0.494 e. The molecular weight excluding hydrogens is 486 g/mol. The highest BCUT2D eigenvalue weighted by atomic mass is 79.9. The van der Waals surface area contributed by atoms with Crippen molar-refractivity contribution in [2.45, 2.75) is 38.6 Å². The van der Waals surface area contributed by atoms with Crippen molar-refractivity contribution < 1.29 is 9.84 Å². The van der Waals surface area contributed by atoms with Gasteiger partial charge in [-0.05, 0) is 91.9 Å². The lowest BCUT2D eigenvalue weighted by atomic mass is 9.95. The molecule has 1 atom stereocenters. The SMILES string of the molecule is CCCO.CN1CCCC1CCOc1ccc(/C(=C\c2ccccc2)c2ccc(Br)cc2)cc1. The van der Waals surface area contributed by atoms with E-state index in [9.17, 15) is 0 Å². The van der Waals surface area contributed by atoms with Gasteiger partial charge in [-0.3, -0.25) is 0 Å². The van der Waals surface area contributed by atoms with Crippen LogP contribution in [0.2, 0.25) is 0 Å². The standard InChI is InChI=1S/C27H28BrNO.C3H8O/c1-29-18-5-8-25(29)17-19-30-26-15-11-23(12-16-26)27(20-21-6-3-2-4-7-21)22-9-13-24(28)14-10-22;1-2-3-4/h2-4,6-7,9-16,20,25H,5,8,17-19H2,1H3;4H,2-3H2,1H3/b27-20-;. The second-order valence-electron chi connectivity index (χ2n) is 8.64. The summed E-state index contributed by atoms with van der Waals surface area (Å²) in [5.74, 6) is 0.939. The predicted octanol–water partition coefficient (Wildman–Crippen LogP) is 7.29. The maximum Gasteiger partial charge on any atom is 0.119 e. The van der Waals surface area contributed by atoms with Crippen LogP contribution in [0.15, 0.2) is 83.3 Å². The number of hydrogen-bond acceptors (Lipinski definition) is 3. The van der Waals surface area contributed by atoms with Gasteiger partial charge in [-0.15, -0.1) is 0 Å². The van der Waals surface area contributed by atoms with Crippen LogP contribution < -0.4 is 4.74 Å². The van der Waals surface area contributed by atoms with E-state index in [1.807, 2.05) is 13.0 Å². The Balaban J connectivity index is 0.000000751. The van der Waals surface area contributed by atoms with Crippen molar-refractivity contribution in [1.82, 2.24) is 4.90 Å². The molecule has 1 saturated heterocycles. The summed E-state index contributed by atoms with van der Waals surface area (Å²) >= 11 is 3.54. The van der Waals surface area contributed by atoms with Gasteiger partial charge in [0.25, 0.3) is 0 Å². The Morgan fingerprint density at radius 2 is 1.62 bits per heavy atom. The van der Waals surface area contributed by atoms with Crippen LogP contribution in [0, 0.1) is 0 Å². The summed E-state index contributed by atoms with van der Waals surface area (Å²) < 4.78 is 7.12. The van der Waals surface area contributed by atoms with E-state index in [1.54, 1.807) is 0 Å². The van der Waals surface area contributed by atoms with Crippen LogP contribution in [0.25, 0.3) is 11.6 Å². The van der Waals surface area contributed by atoms with Crippen LogP contribution in [0.1, 0.15) is 49.3 Å². The highest BCUT2D eigenvalue weighted by Crippen LogP contribution is 2.29. The van der Waals surface area contributed by atoms with Gasteiger partial charge in [-0.25, -0.2) is 0 Å². The maximum atomic E-state index is 7.88. The van der Waals surface area contributed by atoms with E-state index >= 15 is 0 Å².